The van der Waals surface area contributed by atoms with E-state index in [0.717, 1.165) is 0 Å². The lowest BCUT2D eigenvalue weighted by Crippen LogP contribution is -2.28. The van der Waals surface area contributed by atoms with E-state index in [0.29, 0.717) is 0 Å². The number of rotatable bonds is 9. The van der Waals surface area contributed by atoms with Crippen LogP contribution >= 0.6 is 7.60 Å². The molecule has 1 atom stereocenters. The van der Waals surface area contributed by atoms with Gasteiger partial charge in [-0.1, -0.05) is 0 Å². The molecule has 18 heavy (non-hydrogen) atoms. The number of ketones is 1. The Morgan fingerprint density at radius 3 is 1.89 bits per heavy atom. The lowest BCUT2D eigenvalue weighted by Gasteiger charge is -2.20. The fraction of sp³-hybridized carbons (Fsp3) is 0.818. The van der Waals surface area contributed by atoms with Crippen molar-refractivity contribution < 1.29 is 27.9 Å². The number of carbonyl (C=O) groups is 2. The second-order valence-corrected chi connectivity index (χ2v) is 5.65. The molecule has 0 spiro atoms. The van der Waals surface area contributed by atoms with Crippen molar-refractivity contribution in [3.8, 4) is 0 Å². The Labute approximate surface area is 108 Å². The van der Waals surface area contributed by atoms with Gasteiger partial charge in [-0.3, -0.25) is 14.2 Å². The summed E-state index contributed by atoms with van der Waals surface area (Å²) in [4.78, 5) is 23.0. The first-order valence-corrected chi connectivity index (χ1v) is 7.68. The molecule has 0 fully saturated rings. The smallest absolute Gasteiger partial charge is 0.331 e. The zero-order valence-electron chi connectivity index (χ0n) is 11.3. The molecule has 0 aromatic rings. The van der Waals surface area contributed by atoms with Crippen LogP contribution in [0.2, 0.25) is 0 Å². The lowest BCUT2D eigenvalue weighted by atomic mass is 10.1. The molecular weight excluding hydrogens is 259 g/mol. The molecule has 0 radical (unpaired) electrons. The Kier molecular flexibility index (Phi) is 8.07. The highest BCUT2D eigenvalue weighted by Crippen LogP contribution is 2.49. The predicted molar refractivity (Wildman–Crippen MR) is 66.5 cm³/mol. The van der Waals surface area contributed by atoms with Gasteiger partial charge < -0.3 is 13.8 Å². The Hall–Kier alpha value is -0.710. The SMILES string of the molecule is CCOC(=O)C(CP(=O)(OCC)OCC)C(C)=O. The Morgan fingerprint density at radius 1 is 1.06 bits per heavy atom. The van der Waals surface area contributed by atoms with E-state index < -0.39 is 25.3 Å². The summed E-state index contributed by atoms with van der Waals surface area (Å²) in [6.07, 6.45) is -0.275. The third-order valence-electron chi connectivity index (χ3n) is 2.12. The molecule has 0 bridgehead atoms. The van der Waals surface area contributed by atoms with Gasteiger partial charge in [-0.25, -0.2) is 0 Å². The van der Waals surface area contributed by atoms with E-state index in [9.17, 15) is 14.2 Å². The van der Waals surface area contributed by atoms with Gasteiger partial charge in [-0.05, 0) is 27.7 Å². The highest BCUT2D eigenvalue weighted by atomic mass is 31.2. The van der Waals surface area contributed by atoms with Crippen LogP contribution in [-0.2, 0) is 27.9 Å². The number of esters is 1. The molecule has 0 N–H and O–H groups in total. The van der Waals surface area contributed by atoms with Crippen molar-refractivity contribution in [2.24, 2.45) is 5.92 Å². The first-order valence-electron chi connectivity index (χ1n) is 5.95. The summed E-state index contributed by atoms with van der Waals surface area (Å²) in [5.74, 6) is -2.20. The van der Waals surface area contributed by atoms with Gasteiger partial charge in [0, 0.05) is 0 Å². The van der Waals surface area contributed by atoms with Gasteiger partial charge in [0.2, 0.25) is 0 Å². The van der Waals surface area contributed by atoms with E-state index in [4.69, 9.17) is 13.8 Å². The Balaban J connectivity index is 4.87. The second kappa shape index (κ2) is 8.40. The third kappa shape index (κ3) is 5.76. The van der Waals surface area contributed by atoms with E-state index in [1.807, 2.05) is 0 Å². The topological polar surface area (TPSA) is 78.9 Å². The maximum atomic E-state index is 12.2. The van der Waals surface area contributed by atoms with Gasteiger partial charge in [0.1, 0.15) is 11.7 Å². The largest absolute Gasteiger partial charge is 0.465 e. The monoisotopic (exact) mass is 280 g/mol. The maximum absolute atomic E-state index is 12.2. The average Bonchev–Trinajstić information content (AvgIpc) is 2.26. The third-order valence-corrected chi connectivity index (χ3v) is 4.24. The fourth-order valence-corrected chi connectivity index (χ4v) is 3.30. The highest BCUT2D eigenvalue weighted by molar-refractivity contribution is 7.53. The standard InChI is InChI=1S/C11H21O6P/c1-5-15-11(13)10(9(4)12)8-18(14,16-6-2)17-7-3/h10H,5-8H2,1-4H3. The molecule has 0 saturated carbocycles. The van der Waals surface area contributed by atoms with Gasteiger partial charge in [0.05, 0.1) is 26.0 Å². The van der Waals surface area contributed by atoms with Crippen molar-refractivity contribution in [2.45, 2.75) is 27.7 Å². The van der Waals surface area contributed by atoms with Crippen LogP contribution in [-0.4, -0.2) is 37.7 Å². The number of Topliss-reactive ketones (excluding diaryl/α,β-unsaturated/α-hetero) is 1. The Morgan fingerprint density at radius 2 is 1.56 bits per heavy atom. The zero-order chi connectivity index (χ0) is 14.2. The molecule has 7 heteroatoms. The number of ether oxygens (including phenoxy) is 1. The number of hydrogen-bond donors (Lipinski definition) is 0. The second-order valence-electron chi connectivity index (χ2n) is 3.54. The van der Waals surface area contributed by atoms with Crippen molar-refractivity contribution in [3.63, 3.8) is 0 Å². The summed E-state index contributed by atoms with van der Waals surface area (Å²) in [6.45, 7) is 6.76. The van der Waals surface area contributed by atoms with Crippen LogP contribution in [0.5, 0.6) is 0 Å². The van der Waals surface area contributed by atoms with Gasteiger partial charge in [-0.15, -0.1) is 0 Å². The van der Waals surface area contributed by atoms with Crippen LogP contribution in [0.25, 0.3) is 0 Å². The summed E-state index contributed by atoms with van der Waals surface area (Å²) >= 11 is 0. The Bertz CT molecular complexity index is 317. The summed E-state index contributed by atoms with van der Waals surface area (Å²) in [7, 11) is -3.43. The molecule has 106 valence electrons. The van der Waals surface area contributed by atoms with E-state index >= 15 is 0 Å². The van der Waals surface area contributed by atoms with E-state index in [2.05, 4.69) is 0 Å². The van der Waals surface area contributed by atoms with Crippen molar-refractivity contribution in [1.82, 2.24) is 0 Å². The molecule has 0 saturated heterocycles. The average molecular weight is 280 g/mol. The van der Waals surface area contributed by atoms with Gasteiger partial charge in [0.15, 0.2) is 0 Å². The molecule has 1 unspecified atom stereocenters. The zero-order valence-corrected chi connectivity index (χ0v) is 12.2. The van der Waals surface area contributed by atoms with Crippen LogP contribution in [0.15, 0.2) is 0 Å². The summed E-state index contributed by atoms with van der Waals surface area (Å²) < 4.78 is 27.1. The molecule has 0 aliphatic heterocycles. The minimum atomic E-state index is -3.43. The van der Waals surface area contributed by atoms with Crippen molar-refractivity contribution in [3.05, 3.63) is 0 Å². The van der Waals surface area contributed by atoms with Crippen LogP contribution in [0.3, 0.4) is 0 Å². The van der Waals surface area contributed by atoms with Gasteiger partial charge >= 0.3 is 13.6 Å². The van der Waals surface area contributed by atoms with Crippen LogP contribution in [0, 0.1) is 5.92 Å². The first kappa shape index (κ1) is 17.3. The lowest BCUT2D eigenvalue weighted by molar-refractivity contribution is -0.150. The molecule has 0 aromatic heterocycles. The fourth-order valence-electron chi connectivity index (χ4n) is 1.37. The molecular formula is C11H21O6P. The van der Waals surface area contributed by atoms with E-state index in [1.54, 1.807) is 20.8 Å². The van der Waals surface area contributed by atoms with Crippen LogP contribution in [0.1, 0.15) is 27.7 Å². The van der Waals surface area contributed by atoms with Crippen molar-refractivity contribution in [1.29, 1.82) is 0 Å². The number of carbonyl (C=O) groups excluding carboxylic acids is 2. The molecule has 0 aromatic carbocycles. The first-order chi connectivity index (χ1) is 8.40. The van der Waals surface area contributed by atoms with Gasteiger partial charge in [0.25, 0.3) is 0 Å². The minimum absolute atomic E-state index is 0.163. The minimum Gasteiger partial charge on any atom is -0.465 e. The quantitative estimate of drug-likeness (QED) is 0.365. The van der Waals surface area contributed by atoms with Crippen LogP contribution in [0.4, 0.5) is 0 Å². The van der Waals surface area contributed by atoms with Gasteiger partial charge in [-0.2, -0.15) is 0 Å². The highest BCUT2D eigenvalue weighted by Gasteiger charge is 2.36. The predicted octanol–water partition coefficient (Wildman–Crippen LogP) is 2.02. The van der Waals surface area contributed by atoms with E-state index in [-0.39, 0.29) is 26.0 Å². The van der Waals surface area contributed by atoms with Crippen molar-refractivity contribution in [2.75, 3.05) is 26.0 Å². The summed E-state index contributed by atoms with van der Waals surface area (Å²) in [5.41, 5.74) is 0. The summed E-state index contributed by atoms with van der Waals surface area (Å²) in [6, 6.07) is 0. The molecule has 0 amide bonds. The van der Waals surface area contributed by atoms with E-state index in [1.165, 1.54) is 6.92 Å². The van der Waals surface area contributed by atoms with Crippen molar-refractivity contribution >= 4 is 19.3 Å². The molecule has 0 rings (SSSR count). The molecule has 0 heterocycles. The van der Waals surface area contributed by atoms with Crippen LogP contribution < -0.4 is 0 Å². The summed E-state index contributed by atoms with van der Waals surface area (Å²) in [5, 5.41) is 0. The molecule has 0 aliphatic rings. The normalized spacial score (nSPS) is 13.1. The molecule has 0 aliphatic carbocycles. The molecule has 6 nitrogen and oxygen atoms in total. The number of hydrogen-bond acceptors (Lipinski definition) is 6. The maximum Gasteiger partial charge on any atom is 0.331 e.